The zero-order valence-electron chi connectivity index (χ0n) is 18.4. The van der Waals surface area contributed by atoms with Gasteiger partial charge in [0.05, 0.1) is 28.7 Å². The van der Waals surface area contributed by atoms with E-state index in [1.54, 1.807) is 36.1 Å². The van der Waals surface area contributed by atoms with Crippen molar-refractivity contribution in [2.45, 2.75) is 38.5 Å². The lowest BCUT2D eigenvalue weighted by molar-refractivity contribution is 0.102. The second-order valence-electron chi connectivity index (χ2n) is 8.32. The van der Waals surface area contributed by atoms with Gasteiger partial charge in [-0.3, -0.25) is 4.79 Å². The molecule has 0 radical (unpaired) electrons. The Morgan fingerprint density at radius 2 is 1.84 bits per heavy atom. The largest absolute Gasteiger partial charge is 0.320 e. The molecule has 1 N–H and O–H groups in total. The van der Waals surface area contributed by atoms with Crippen molar-refractivity contribution < 1.29 is 13.2 Å². The van der Waals surface area contributed by atoms with E-state index in [1.807, 2.05) is 25.1 Å². The van der Waals surface area contributed by atoms with E-state index in [1.165, 1.54) is 10.4 Å². The Kier molecular flexibility index (Phi) is 6.12. The maximum Gasteiger partial charge on any atom is 0.255 e. The number of carbonyl (C=O) groups excluding carboxylic acids is 1. The molecule has 1 fully saturated rings. The van der Waals surface area contributed by atoms with Gasteiger partial charge in [0.25, 0.3) is 5.91 Å². The Morgan fingerprint density at radius 1 is 1.12 bits per heavy atom. The van der Waals surface area contributed by atoms with Crippen molar-refractivity contribution in [2.75, 3.05) is 18.4 Å². The summed E-state index contributed by atoms with van der Waals surface area (Å²) in [7, 11) is -3.68. The smallest absolute Gasteiger partial charge is 0.255 e. The van der Waals surface area contributed by atoms with E-state index in [0.29, 0.717) is 41.5 Å². The lowest BCUT2D eigenvalue weighted by Crippen LogP contribution is -2.38. The van der Waals surface area contributed by atoms with Gasteiger partial charge in [0.2, 0.25) is 10.0 Å². The molecule has 1 aromatic heterocycles. The van der Waals surface area contributed by atoms with Crippen LogP contribution < -0.4 is 5.32 Å². The van der Waals surface area contributed by atoms with Crippen molar-refractivity contribution in [3.05, 3.63) is 65.5 Å². The maximum atomic E-state index is 13.4. The highest BCUT2D eigenvalue weighted by Crippen LogP contribution is 2.28. The van der Waals surface area contributed by atoms with Gasteiger partial charge in [-0.25, -0.2) is 13.1 Å². The molecule has 9 heteroatoms. The number of piperidine rings is 1. The summed E-state index contributed by atoms with van der Waals surface area (Å²) in [5, 5.41) is 10.7. The molecule has 2 heterocycles. The van der Waals surface area contributed by atoms with Crippen molar-refractivity contribution in [3.8, 4) is 5.69 Å². The summed E-state index contributed by atoms with van der Waals surface area (Å²) >= 11 is 0. The van der Waals surface area contributed by atoms with E-state index in [2.05, 4.69) is 22.6 Å². The maximum absolute atomic E-state index is 13.4. The monoisotopic (exact) mass is 453 g/mol. The fourth-order valence-corrected chi connectivity index (χ4v) is 5.69. The number of anilines is 1. The van der Waals surface area contributed by atoms with Gasteiger partial charge in [-0.1, -0.05) is 24.3 Å². The van der Waals surface area contributed by atoms with Crippen molar-refractivity contribution in [3.63, 3.8) is 0 Å². The van der Waals surface area contributed by atoms with Crippen LogP contribution in [-0.2, 0) is 10.0 Å². The lowest BCUT2D eigenvalue weighted by atomic mass is 10.0. The van der Waals surface area contributed by atoms with Crippen LogP contribution in [0.15, 0.2) is 53.7 Å². The predicted octanol–water partition coefficient (Wildman–Crippen LogP) is 3.56. The minimum absolute atomic E-state index is 0.196. The minimum Gasteiger partial charge on any atom is -0.320 e. The summed E-state index contributed by atoms with van der Waals surface area (Å²) in [6.07, 6.45) is 4.93. The summed E-state index contributed by atoms with van der Waals surface area (Å²) in [4.78, 5) is 13.3. The average Bonchev–Trinajstić information content (AvgIpc) is 3.31. The third kappa shape index (κ3) is 4.31. The molecule has 0 bridgehead atoms. The average molecular weight is 454 g/mol. The molecule has 4 rings (SSSR count). The highest BCUT2D eigenvalue weighted by molar-refractivity contribution is 7.89. The molecule has 1 amide bonds. The first kappa shape index (κ1) is 22.2. The molecule has 0 spiro atoms. The molecule has 0 unspecified atom stereocenters. The van der Waals surface area contributed by atoms with Crippen LogP contribution in [0.5, 0.6) is 0 Å². The molecule has 168 valence electrons. The molecule has 1 aliphatic rings. The number of para-hydroxylation sites is 2. The van der Waals surface area contributed by atoms with E-state index < -0.39 is 10.0 Å². The van der Waals surface area contributed by atoms with Gasteiger partial charge in [0.15, 0.2) is 0 Å². The normalized spacial score (nSPS) is 15.6. The van der Waals surface area contributed by atoms with Gasteiger partial charge >= 0.3 is 0 Å². The van der Waals surface area contributed by atoms with Crippen molar-refractivity contribution in [1.29, 1.82) is 0 Å². The first-order chi connectivity index (χ1) is 15.3. The number of nitrogens with one attached hydrogen (secondary N) is 1. The number of aryl methyl sites for hydroxylation is 1. The Morgan fingerprint density at radius 3 is 2.53 bits per heavy atom. The quantitative estimate of drug-likeness (QED) is 0.637. The van der Waals surface area contributed by atoms with Gasteiger partial charge in [0.1, 0.15) is 0 Å². The number of hydrogen-bond donors (Lipinski definition) is 1. The first-order valence-electron chi connectivity index (χ1n) is 10.7. The number of aromatic nitrogens is 3. The first-order valence-corrected chi connectivity index (χ1v) is 12.1. The third-order valence-electron chi connectivity index (χ3n) is 6.06. The van der Waals surface area contributed by atoms with Crippen LogP contribution in [0.25, 0.3) is 5.69 Å². The number of benzene rings is 2. The van der Waals surface area contributed by atoms with Crippen LogP contribution in [-0.4, -0.2) is 46.7 Å². The van der Waals surface area contributed by atoms with E-state index in [0.717, 1.165) is 18.4 Å². The third-order valence-corrected chi connectivity index (χ3v) is 8.09. The molecular formula is C23H27N5O3S. The second-order valence-corrected chi connectivity index (χ2v) is 10.2. The van der Waals surface area contributed by atoms with Gasteiger partial charge in [0, 0.05) is 18.7 Å². The summed E-state index contributed by atoms with van der Waals surface area (Å²) in [6, 6.07) is 10.4. The molecule has 0 atom stereocenters. The number of carbonyl (C=O) groups is 1. The Bertz CT molecular complexity index is 1230. The van der Waals surface area contributed by atoms with Gasteiger partial charge < -0.3 is 5.32 Å². The molecule has 32 heavy (non-hydrogen) atoms. The highest BCUT2D eigenvalue weighted by Gasteiger charge is 2.30. The molecule has 0 aliphatic carbocycles. The fraction of sp³-hybridized carbons (Fsp3) is 0.348. The minimum atomic E-state index is -3.68. The molecule has 1 saturated heterocycles. The SMILES string of the molecule is Cc1cc(C(=O)Nc2ccccc2-n2ccnn2)cc(S(=O)(=O)N2CCC(C)CC2)c1C. The zero-order chi connectivity index (χ0) is 22.9. The summed E-state index contributed by atoms with van der Waals surface area (Å²) < 4.78 is 29.9. The number of hydrogen-bond acceptors (Lipinski definition) is 5. The Balaban J connectivity index is 1.66. The number of amides is 1. The van der Waals surface area contributed by atoms with Crippen LogP contribution in [0.1, 0.15) is 41.3 Å². The van der Waals surface area contributed by atoms with Gasteiger partial charge in [-0.2, -0.15) is 4.31 Å². The molecule has 8 nitrogen and oxygen atoms in total. The van der Waals surface area contributed by atoms with E-state index >= 15 is 0 Å². The molecule has 0 saturated carbocycles. The molecule has 2 aromatic carbocycles. The highest BCUT2D eigenvalue weighted by atomic mass is 32.2. The van der Waals surface area contributed by atoms with Crippen LogP contribution in [0.3, 0.4) is 0 Å². The lowest BCUT2D eigenvalue weighted by Gasteiger charge is -2.30. The van der Waals surface area contributed by atoms with E-state index in [9.17, 15) is 13.2 Å². The van der Waals surface area contributed by atoms with Gasteiger partial charge in [-0.05, 0) is 68.0 Å². The number of rotatable bonds is 5. The zero-order valence-corrected chi connectivity index (χ0v) is 19.3. The predicted molar refractivity (Wildman–Crippen MR) is 122 cm³/mol. The van der Waals surface area contributed by atoms with Crippen LogP contribution in [0, 0.1) is 19.8 Å². The van der Waals surface area contributed by atoms with E-state index in [-0.39, 0.29) is 10.8 Å². The summed E-state index contributed by atoms with van der Waals surface area (Å²) in [5.74, 6) is 0.135. The standard InChI is InChI=1S/C23H27N5O3S/c1-16-8-11-27(12-9-16)32(30,31)22-15-19(14-17(2)18(22)3)23(29)25-20-6-4-5-7-21(20)28-13-10-24-26-28/h4-7,10,13-16H,8-9,11-12H2,1-3H3,(H,25,29). The number of nitrogens with zero attached hydrogens (tertiary/aromatic N) is 4. The van der Waals surface area contributed by atoms with Crippen molar-refractivity contribution >= 4 is 21.6 Å². The van der Waals surface area contributed by atoms with Crippen molar-refractivity contribution in [2.24, 2.45) is 5.92 Å². The number of sulfonamides is 1. The molecule has 1 aliphatic heterocycles. The topological polar surface area (TPSA) is 97.2 Å². The van der Waals surface area contributed by atoms with Crippen molar-refractivity contribution in [1.82, 2.24) is 19.3 Å². The second kappa shape index (κ2) is 8.84. The van der Waals surface area contributed by atoms with Gasteiger partial charge in [-0.15, -0.1) is 5.10 Å². The molecular weight excluding hydrogens is 426 g/mol. The summed E-state index contributed by atoms with van der Waals surface area (Å²) in [5.41, 5.74) is 2.94. The van der Waals surface area contributed by atoms with Crippen LogP contribution in [0.2, 0.25) is 0 Å². The Labute approximate surface area is 188 Å². The molecule has 3 aromatic rings. The summed E-state index contributed by atoms with van der Waals surface area (Å²) in [6.45, 7) is 6.76. The van der Waals surface area contributed by atoms with E-state index in [4.69, 9.17) is 0 Å². The van der Waals surface area contributed by atoms with Crippen LogP contribution >= 0.6 is 0 Å². The van der Waals surface area contributed by atoms with Crippen LogP contribution in [0.4, 0.5) is 5.69 Å². The Hall–Kier alpha value is -3.04. The fourth-order valence-electron chi connectivity index (χ4n) is 3.90.